The lowest BCUT2D eigenvalue weighted by atomic mass is 10.1. The number of benzene rings is 4. The average Bonchev–Trinajstić information content (AvgIpc) is 3.90. The Kier molecular flexibility index (Phi) is 10.2. The van der Waals surface area contributed by atoms with Crippen molar-refractivity contribution >= 4 is 46.4 Å². The Balaban J connectivity index is 0.000000165. The second-order valence-corrected chi connectivity index (χ2v) is 13.6. The summed E-state index contributed by atoms with van der Waals surface area (Å²) in [5, 5.41) is 18.0. The predicted octanol–water partition coefficient (Wildman–Crippen LogP) is 7.19. The number of nitrogens with zero attached hydrogens (tertiary/aromatic N) is 6. The van der Waals surface area contributed by atoms with Gasteiger partial charge in [0.25, 0.3) is 0 Å². The van der Waals surface area contributed by atoms with Gasteiger partial charge in [-0.25, -0.2) is 13.4 Å². The number of nitrogens with one attached hydrogen (secondary N) is 3. The van der Waals surface area contributed by atoms with Crippen LogP contribution in [0.3, 0.4) is 0 Å². The lowest BCUT2D eigenvalue weighted by Gasteiger charge is -2.09. The highest BCUT2D eigenvalue weighted by molar-refractivity contribution is 5.93. The van der Waals surface area contributed by atoms with Crippen LogP contribution in [-0.2, 0) is 17.9 Å². The van der Waals surface area contributed by atoms with Gasteiger partial charge in [0.2, 0.25) is 23.7 Å². The number of amides is 2. The Labute approximate surface area is 326 Å². The first-order valence-corrected chi connectivity index (χ1v) is 18.4. The molecule has 2 amide bonds. The average molecular weight is 760 g/mol. The van der Waals surface area contributed by atoms with Gasteiger partial charge in [-0.2, -0.15) is 9.97 Å². The first-order chi connectivity index (χ1) is 27.8. The summed E-state index contributed by atoms with van der Waals surface area (Å²) in [6.45, 7) is 1.18. The maximum atomic E-state index is 13.6. The summed E-state index contributed by atoms with van der Waals surface area (Å²) in [5.74, 6) is -0.0240. The molecule has 1 fully saturated rings. The molecule has 4 heterocycles. The fourth-order valence-electron chi connectivity index (χ4n) is 6.22. The molecule has 7 N–H and O–H groups in total. The van der Waals surface area contributed by atoms with Crippen LogP contribution in [0.15, 0.2) is 133 Å². The number of nitrogen functional groups attached to an aromatic ring is 1. The molecule has 57 heavy (non-hydrogen) atoms. The molecule has 1 aliphatic carbocycles. The normalized spacial score (nSPS) is 12.2. The molecule has 9 rings (SSSR count). The molecule has 4 aromatic heterocycles. The van der Waals surface area contributed by atoms with Gasteiger partial charge in [0.1, 0.15) is 5.82 Å². The van der Waals surface area contributed by atoms with Gasteiger partial charge >= 0.3 is 0 Å². The first kappa shape index (κ1) is 36.4. The second kappa shape index (κ2) is 16.0. The third-order valence-corrected chi connectivity index (χ3v) is 9.44. The topological polar surface area (TPSA) is 183 Å². The molecule has 14 heteroatoms. The smallest absolute Gasteiger partial charge is 0.249 e. The molecule has 1 saturated carbocycles. The minimum Gasteiger partial charge on any atom is -0.381 e. The fourth-order valence-corrected chi connectivity index (χ4v) is 6.22. The van der Waals surface area contributed by atoms with E-state index in [-0.39, 0.29) is 23.6 Å². The van der Waals surface area contributed by atoms with E-state index in [1.165, 1.54) is 6.07 Å². The van der Waals surface area contributed by atoms with Crippen molar-refractivity contribution in [2.75, 3.05) is 21.7 Å². The zero-order valence-electron chi connectivity index (χ0n) is 30.6. The van der Waals surface area contributed by atoms with Gasteiger partial charge in [-0.05, 0) is 84.6 Å². The van der Waals surface area contributed by atoms with Crippen molar-refractivity contribution < 1.29 is 14.0 Å². The molecule has 4 aromatic carbocycles. The van der Waals surface area contributed by atoms with Gasteiger partial charge in [-0.1, -0.05) is 72.8 Å². The summed E-state index contributed by atoms with van der Waals surface area (Å²) in [7, 11) is 0. The van der Waals surface area contributed by atoms with Crippen LogP contribution in [0.4, 0.5) is 27.7 Å². The van der Waals surface area contributed by atoms with Crippen molar-refractivity contribution in [2.24, 2.45) is 11.7 Å². The second-order valence-electron chi connectivity index (χ2n) is 13.6. The van der Waals surface area contributed by atoms with Crippen LogP contribution in [0, 0.1) is 11.7 Å². The number of anilines is 4. The summed E-state index contributed by atoms with van der Waals surface area (Å²) >= 11 is 0. The van der Waals surface area contributed by atoms with Crippen LogP contribution in [0.25, 0.3) is 33.8 Å². The van der Waals surface area contributed by atoms with Crippen LogP contribution in [0.2, 0.25) is 0 Å². The number of carbonyl (C=O) groups is 2. The van der Waals surface area contributed by atoms with Crippen LogP contribution < -0.4 is 27.4 Å². The SMILES string of the molecule is NC(=O)c1ccc(NCc2ccc(-c3cccc4nc(NC(=O)C5CC5)nn34)cc2)cc1.Nc1nc2cccc(-c3ccc(CNc4ccccc4F)cc3)n2n1. The molecule has 0 spiro atoms. The Morgan fingerprint density at radius 3 is 1.84 bits per heavy atom. The molecule has 0 unspecified atom stereocenters. The third-order valence-electron chi connectivity index (χ3n) is 9.44. The minimum absolute atomic E-state index is 0.0106. The van der Waals surface area contributed by atoms with Gasteiger partial charge in [0, 0.05) is 41.4 Å². The van der Waals surface area contributed by atoms with E-state index in [0.717, 1.165) is 52.2 Å². The zero-order chi connectivity index (χ0) is 39.3. The number of carbonyl (C=O) groups excluding carboxylic acids is 2. The zero-order valence-corrected chi connectivity index (χ0v) is 30.6. The highest BCUT2D eigenvalue weighted by atomic mass is 19.1. The quantitative estimate of drug-likeness (QED) is 0.0912. The lowest BCUT2D eigenvalue weighted by Crippen LogP contribution is -2.14. The van der Waals surface area contributed by atoms with E-state index in [1.54, 1.807) is 39.4 Å². The molecule has 0 bridgehead atoms. The van der Waals surface area contributed by atoms with Crippen LogP contribution in [0.5, 0.6) is 0 Å². The molecular formula is C43H38FN11O2. The maximum Gasteiger partial charge on any atom is 0.249 e. The van der Waals surface area contributed by atoms with Crippen molar-refractivity contribution in [3.05, 3.63) is 156 Å². The van der Waals surface area contributed by atoms with Crippen LogP contribution in [0.1, 0.15) is 34.3 Å². The van der Waals surface area contributed by atoms with Crippen molar-refractivity contribution in [1.29, 1.82) is 0 Å². The Morgan fingerprint density at radius 1 is 0.667 bits per heavy atom. The summed E-state index contributed by atoms with van der Waals surface area (Å²) in [6, 6.07) is 41.4. The van der Waals surface area contributed by atoms with E-state index in [0.29, 0.717) is 41.6 Å². The van der Waals surface area contributed by atoms with Gasteiger partial charge in [-0.15, -0.1) is 10.2 Å². The molecule has 0 saturated heterocycles. The molecule has 13 nitrogen and oxygen atoms in total. The number of primary amides is 1. The molecule has 1 aliphatic rings. The monoisotopic (exact) mass is 759 g/mol. The van der Waals surface area contributed by atoms with Crippen molar-refractivity contribution in [2.45, 2.75) is 25.9 Å². The number of hydrogen-bond donors (Lipinski definition) is 5. The van der Waals surface area contributed by atoms with Gasteiger partial charge < -0.3 is 22.1 Å². The number of para-hydroxylation sites is 1. The van der Waals surface area contributed by atoms with Gasteiger partial charge in [0.05, 0.1) is 17.1 Å². The molecule has 0 aliphatic heterocycles. The van der Waals surface area contributed by atoms with E-state index < -0.39 is 5.91 Å². The number of rotatable bonds is 11. The highest BCUT2D eigenvalue weighted by Crippen LogP contribution is 2.30. The van der Waals surface area contributed by atoms with Gasteiger partial charge in [-0.3, -0.25) is 14.9 Å². The number of nitrogens with two attached hydrogens (primary N) is 2. The van der Waals surface area contributed by atoms with E-state index in [1.807, 2.05) is 97.1 Å². The summed E-state index contributed by atoms with van der Waals surface area (Å²) < 4.78 is 17.1. The van der Waals surface area contributed by atoms with Crippen molar-refractivity contribution in [3.63, 3.8) is 0 Å². The van der Waals surface area contributed by atoms with Crippen molar-refractivity contribution in [1.82, 2.24) is 29.2 Å². The van der Waals surface area contributed by atoms with Crippen LogP contribution >= 0.6 is 0 Å². The van der Waals surface area contributed by atoms with E-state index >= 15 is 0 Å². The number of hydrogen-bond acceptors (Lipinski definition) is 9. The summed E-state index contributed by atoms with van der Waals surface area (Å²) in [5.41, 5.74) is 20.2. The predicted molar refractivity (Wildman–Crippen MR) is 219 cm³/mol. The minimum atomic E-state index is -0.438. The molecule has 284 valence electrons. The van der Waals surface area contributed by atoms with Crippen LogP contribution in [-0.4, -0.2) is 41.0 Å². The maximum absolute atomic E-state index is 13.6. The number of halogens is 1. The Morgan fingerprint density at radius 2 is 1.25 bits per heavy atom. The van der Waals surface area contributed by atoms with E-state index in [2.05, 4.69) is 36.1 Å². The molecule has 0 atom stereocenters. The highest BCUT2D eigenvalue weighted by Gasteiger charge is 2.30. The Hall–Kier alpha value is -7.61. The number of fused-ring (bicyclic) bond motifs is 2. The first-order valence-electron chi connectivity index (χ1n) is 18.4. The Bertz CT molecular complexity index is 2690. The third kappa shape index (κ3) is 8.55. The number of pyridine rings is 2. The fraction of sp³-hybridized carbons (Fsp3) is 0.116. The standard InChI is InChI=1S/C24H22N6O2.C19H16FN5/c25-22(31)17-10-12-19(13-11-17)26-14-15-4-6-16(7-5-15)20-2-1-3-21-27-24(29-30(20)21)28-23(32)18-8-9-18;20-15-4-1-2-5-16(15)22-12-13-8-10-14(11-9-13)17-6-3-7-18-23-19(21)24-25(17)18/h1-7,10-13,18,26H,8-9,14H2,(H2,25,31)(H,28,29,32);1-11,22H,12H2,(H2,21,24). The lowest BCUT2D eigenvalue weighted by molar-refractivity contribution is -0.117. The molecule has 0 radical (unpaired) electrons. The number of aromatic nitrogens is 6. The van der Waals surface area contributed by atoms with Gasteiger partial charge in [0.15, 0.2) is 11.3 Å². The largest absolute Gasteiger partial charge is 0.381 e. The molecular weight excluding hydrogens is 722 g/mol. The van der Waals surface area contributed by atoms with E-state index in [4.69, 9.17) is 11.5 Å². The van der Waals surface area contributed by atoms with Crippen molar-refractivity contribution in [3.8, 4) is 22.5 Å². The molecule has 8 aromatic rings. The van der Waals surface area contributed by atoms with E-state index in [9.17, 15) is 14.0 Å². The summed E-state index contributed by atoms with van der Waals surface area (Å²) in [4.78, 5) is 31.8. The summed E-state index contributed by atoms with van der Waals surface area (Å²) in [6.07, 6.45) is 1.87.